The zero-order valence-electron chi connectivity index (χ0n) is 21.3. The van der Waals surface area contributed by atoms with E-state index < -0.39 is 12.0 Å². The Bertz CT molecular complexity index is 941. The van der Waals surface area contributed by atoms with Crippen LogP contribution in [0.5, 0.6) is 11.5 Å². The van der Waals surface area contributed by atoms with Crippen molar-refractivity contribution in [1.82, 2.24) is 5.32 Å². The van der Waals surface area contributed by atoms with Crippen molar-refractivity contribution in [2.75, 3.05) is 18.5 Å². The van der Waals surface area contributed by atoms with Gasteiger partial charge in [-0.05, 0) is 69.0 Å². The fraction of sp³-hybridized carbons (Fsp3) is 0.481. The van der Waals surface area contributed by atoms with Gasteiger partial charge >= 0.3 is 0 Å². The average molecular weight is 488 g/mol. The molecule has 0 saturated carbocycles. The van der Waals surface area contributed by atoms with Gasteiger partial charge in [-0.15, -0.1) is 0 Å². The molecular weight excluding hydrogens is 449 g/mol. The Kier molecular flexibility index (Phi) is 11.0. The van der Waals surface area contributed by atoms with Crippen LogP contribution < -0.4 is 25.8 Å². The van der Waals surface area contributed by atoms with E-state index in [4.69, 9.17) is 15.2 Å². The van der Waals surface area contributed by atoms with Crippen LogP contribution in [0.3, 0.4) is 0 Å². The molecule has 0 aromatic heterocycles. The molecule has 2 aromatic rings. The molecule has 2 aromatic carbocycles. The highest BCUT2D eigenvalue weighted by molar-refractivity contribution is 5.95. The third kappa shape index (κ3) is 9.20. The van der Waals surface area contributed by atoms with Crippen LogP contribution in [0, 0.1) is 17.7 Å². The summed E-state index contributed by atoms with van der Waals surface area (Å²) in [5, 5.41) is 5.84. The molecule has 3 atom stereocenters. The first kappa shape index (κ1) is 28.1. The zero-order chi connectivity index (χ0) is 26.0. The smallest absolute Gasteiger partial charge is 0.251 e. The monoisotopic (exact) mass is 487 g/mol. The summed E-state index contributed by atoms with van der Waals surface area (Å²) >= 11 is 0. The van der Waals surface area contributed by atoms with E-state index in [-0.39, 0.29) is 29.6 Å². The molecule has 0 fully saturated rings. The topological polar surface area (TPSA) is 103 Å². The summed E-state index contributed by atoms with van der Waals surface area (Å²) in [6.45, 7) is 10.6. The first-order valence-corrected chi connectivity index (χ1v) is 12.2. The summed E-state index contributed by atoms with van der Waals surface area (Å²) < 4.78 is 24.3. The molecular formula is C27H38FN3O4. The number of hydrogen-bond acceptors (Lipinski definition) is 5. The number of benzene rings is 2. The maximum absolute atomic E-state index is 13.2. The van der Waals surface area contributed by atoms with E-state index in [0.717, 1.165) is 0 Å². The lowest BCUT2D eigenvalue weighted by Gasteiger charge is -2.28. The minimum atomic E-state index is -0.447. The molecule has 35 heavy (non-hydrogen) atoms. The van der Waals surface area contributed by atoms with Gasteiger partial charge in [0.05, 0.1) is 13.2 Å². The van der Waals surface area contributed by atoms with Crippen molar-refractivity contribution in [3.8, 4) is 11.5 Å². The van der Waals surface area contributed by atoms with E-state index in [2.05, 4.69) is 24.5 Å². The first-order chi connectivity index (χ1) is 16.6. The fourth-order valence-electron chi connectivity index (χ4n) is 3.78. The molecule has 0 aliphatic rings. The largest absolute Gasteiger partial charge is 0.494 e. The number of rotatable bonds is 13. The number of anilines is 1. The number of amides is 2. The fourth-order valence-corrected chi connectivity index (χ4v) is 3.78. The van der Waals surface area contributed by atoms with E-state index in [1.54, 1.807) is 25.1 Å². The first-order valence-electron chi connectivity index (χ1n) is 12.2. The number of hydrogen-bond donors (Lipinski definition) is 3. The number of carbonyl (C=O) groups is 2. The van der Waals surface area contributed by atoms with Gasteiger partial charge in [0, 0.05) is 35.3 Å². The van der Waals surface area contributed by atoms with Gasteiger partial charge in [0.1, 0.15) is 17.3 Å². The zero-order valence-corrected chi connectivity index (χ0v) is 21.3. The Hall–Kier alpha value is -3.13. The lowest BCUT2D eigenvalue weighted by atomic mass is 9.90. The summed E-state index contributed by atoms with van der Waals surface area (Å²) in [7, 11) is 0. The summed E-state index contributed by atoms with van der Waals surface area (Å²) in [6.07, 6.45) is 1.02. The number of halogens is 1. The van der Waals surface area contributed by atoms with Crippen LogP contribution >= 0.6 is 0 Å². The van der Waals surface area contributed by atoms with Crippen molar-refractivity contribution < 1.29 is 23.5 Å². The summed E-state index contributed by atoms with van der Waals surface area (Å²) in [6, 6.07) is 9.92. The molecule has 0 unspecified atom stereocenters. The molecule has 0 bridgehead atoms. The highest BCUT2D eigenvalue weighted by atomic mass is 19.1. The Labute approximate surface area is 207 Å². The van der Waals surface area contributed by atoms with Gasteiger partial charge in [-0.2, -0.15) is 0 Å². The second-order valence-corrected chi connectivity index (χ2v) is 9.07. The standard InChI is InChI=1S/C27H38FN3O4/c1-6-34-22-14-19(15-23(16-22)35-7-2)27(33)31-25(12-17(3)4)24(29)13-18(5)26(32)30-21-10-8-20(28)9-11-21/h8-11,14-18,24-25H,6-7,12-13,29H2,1-5H3,(H,30,32)(H,31,33)/t18-,24+,25+/m1/s1. The number of nitrogens with one attached hydrogen (secondary N) is 2. The highest BCUT2D eigenvalue weighted by Gasteiger charge is 2.26. The minimum Gasteiger partial charge on any atom is -0.494 e. The van der Waals surface area contributed by atoms with Gasteiger partial charge in [-0.3, -0.25) is 9.59 Å². The molecule has 0 aliphatic heterocycles. The predicted molar refractivity (Wildman–Crippen MR) is 136 cm³/mol. The second-order valence-electron chi connectivity index (χ2n) is 9.07. The Morgan fingerprint density at radius 1 is 0.943 bits per heavy atom. The molecule has 0 heterocycles. The van der Waals surface area contributed by atoms with Crippen LogP contribution in [0.25, 0.3) is 0 Å². The van der Waals surface area contributed by atoms with Crippen LogP contribution in [0.15, 0.2) is 42.5 Å². The van der Waals surface area contributed by atoms with E-state index >= 15 is 0 Å². The molecule has 0 spiro atoms. The van der Waals surface area contributed by atoms with Crippen molar-refractivity contribution in [2.24, 2.45) is 17.6 Å². The van der Waals surface area contributed by atoms with Crippen molar-refractivity contribution in [3.63, 3.8) is 0 Å². The van der Waals surface area contributed by atoms with Crippen LogP contribution in [-0.2, 0) is 4.79 Å². The molecule has 0 saturated heterocycles. The molecule has 0 aliphatic carbocycles. The third-order valence-corrected chi connectivity index (χ3v) is 5.51. The quantitative estimate of drug-likeness (QED) is 0.378. The Balaban J connectivity index is 2.10. The number of carbonyl (C=O) groups excluding carboxylic acids is 2. The Morgan fingerprint density at radius 2 is 1.51 bits per heavy atom. The van der Waals surface area contributed by atoms with Crippen LogP contribution in [0.4, 0.5) is 10.1 Å². The lowest BCUT2D eigenvalue weighted by Crippen LogP contribution is -2.49. The number of nitrogens with two attached hydrogens (primary N) is 1. The number of ether oxygens (including phenoxy) is 2. The molecule has 2 rings (SSSR count). The second kappa shape index (κ2) is 13.7. The maximum atomic E-state index is 13.2. The molecule has 7 nitrogen and oxygen atoms in total. The van der Waals surface area contributed by atoms with Crippen LogP contribution in [-0.4, -0.2) is 37.1 Å². The van der Waals surface area contributed by atoms with Gasteiger partial charge in [0.25, 0.3) is 5.91 Å². The average Bonchev–Trinajstić information content (AvgIpc) is 2.80. The van der Waals surface area contributed by atoms with E-state index in [9.17, 15) is 14.0 Å². The van der Waals surface area contributed by atoms with Gasteiger partial charge in [-0.25, -0.2) is 4.39 Å². The van der Waals surface area contributed by atoms with Gasteiger partial charge in [0.15, 0.2) is 0 Å². The van der Waals surface area contributed by atoms with Gasteiger partial charge in [-0.1, -0.05) is 20.8 Å². The molecule has 192 valence electrons. The van der Waals surface area contributed by atoms with Crippen molar-refractivity contribution in [2.45, 2.75) is 59.5 Å². The predicted octanol–water partition coefficient (Wildman–Crippen LogP) is 4.76. The summed E-state index contributed by atoms with van der Waals surface area (Å²) in [5.74, 6) is 0.115. The van der Waals surface area contributed by atoms with E-state index in [1.807, 2.05) is 13.8 Å². The van der Waals surface area contributed by atoms with Gasteiger partial charge in [0.2, 0.25) is 5.91 Å². The lowest BCUT2D eigenvalue weighted by molar-refractivity contribution is -0.119. The summed E-state index contributed by atoms with van der Waals surface area (Å²) in [5.41, 5.74) is 7.44. The van der Waals surface area contributed by atoms with Crippen LogP contribution in [0.2, 0.25) is 0 Å². The third-order valence-electron chi connectivity index (χ3n) is 5.51. The van der Waals surface area contributed by atoms with Crippen molar-refractivity contribution >= 4 is 17.5 Å². The summed E-state index contributed by atoms with van der Waals surface area (Å²) in [4.78, 5) is 25.8. The van der Waals surface area contributed by atoms with E-state index in [1.165, 1.54) is 24.3 Å². The Morgan fingerprint density at radius 3 is 2.03 bits per heavy atom. The molecule has 2 amide bonds. The minimum absolute atomic E-state index is 0.215. The maximum Gasteiger partial charge on any atom is 0.251 e. The van der Waals surface area contributed by atoms with Gasteiger partial charge < -0.3 is 25.8 Å². The van der Waals surface area contributed by atoms with Crippen LogP contribution in [0.1, 0.15) is 57.8 Å². The normalized spacial score (nSPS) is 13.6. The molecule has 4 N–H and O–H groups in total. The SMILES string of the molecule is CCOc1cc(OCC)cc(C(=O)N[C@@H](CC(C)C)[C@@H](N)C[C@@H](C)C(=O)Nc2ccc(F)cc2)c1. The molecule has 8 heteroatoms. The highest BCUT2D eigenvalue weighted by Crippen LogP contribution is 2.24. The van der Waals surface area contributed by atoms with Crippen molar-refractivity contribution in [3.05, 3.63) is 53.8 Å². The molecule has 0 radical (unpaired) electrons. The van der Waals surface area contributed by atoms with Crippen molar-refractivity contribution in [1.29, 1.82) is 0 Å². The van der Waals surface area contributed by atoms with E-state index in [0.29, 0.717) is 48.8 Å².